The SMILES string of the molecule is CCCCCN(C(=O)c1ncccc1C#CCO)C(C)C. The predicted molar refractivity (Wildman–Crippen MR) is 83.9 cm³/mol. The van der Waals surface area contributed by atoms with E-state index in [1.165, 1.54) is 0 Å². The van der Waals surface area contributed by atoms with Gasteiger partial charge in [-0.05, 0) is 32.4 Å². The van der Waals surface area contributed by atoms with Crippen molar-refractivity contribution in [2.24, 2.45) is 0 Å². The van der Waals surface area contributed by atoms with Crippen LogP contribution >= 0.6 is 0 Å². The van der Waals surface area contributed by atoms with Crippen LogP contribution in [0.25, 0.3) is 0 Å². The first-order valence-electron chi connectivity index (χ1n) is 7.47. The molecular formula is C17H24N2O2. The predicted octanol–water partition coefficient (Wildman–Crippen LogP) is 2.47. The van der Waals surface area contributed by atoms with E-state index in [2.05, 4.69) is 23.7 Å². The third kappa shape index (κ3) is 5.20. The van der Waals surface area contributed by atoms with Crippen LogP contribution in [0.4, 0.5) is 0 Å². The molecule has 0 saturated heterocycles. The number of hydrogen-bond donors (Lipinski definition) is 1. The van der Waals surface area contributed by atoms with Crippen LogP contribution in [0, 0.1) is 11.8 Å². The molecule has 4 heteroatoms. The van der Waals surface area contributed by atoms with Gasteiger partial charge in [-0.2, -0.15) is 0 Å². The van der Waals surface area contributed by atoms with Crippen LogP contribution in [0.1, 0.15) is 56.1 Å². The molecule has 0 unspecified atom stereocenters. The fraction of sp³-hybridized carbons (Fsp3) is 0.529. The summed E-state index contributed by atoms with van der Waals surface area (Å²) in [6.07, 6.45) is 4.82. The molecule has 1 heterocycles. The maximum absolute atomic E-state index is 12.7. The summed E-state index contributed by atoms with van der Waals surface area (Å²) in [7, 11) is 0. The maximum atomic E-state index is 12.7. The van der Waals surface area contributed by atoms with Crippen LogP contribution in [0.5, 0.6) is 0 Å². The molecule has 1 rings (SSSR count). The van der Waals surface area contributed by atoms with Crippen molar-refractivity contribution in [1.29, 1.82) is 0 Å². The average Bonchev–Trinajstić information content (AvgIpc) is 2.49. The second kappa shape index (κ2) is 9.15. The van der Waals surface area contributed by atoms with E-state index in [1.807, 2.05) is 18.7 Å². The Hall–Kier alpha value is -1.86. The van der Waals surface area contributed by atoms with Gasteiger partial charge in [0, 0.05) is 18.8 Å². The Labute approximate surface area is 127 Å². The zero-order valence-electron chi connectivity index (χ0n) is 13.1. The molecule has 0 radical (unpaired) electrons. The van der Waals surface area contributed by atoms with E-state index in [0.717, 1.165) is 25.8 Å². The van der Waals surface area contributed by atoms with E-state index in [1.54, 1.807) is 18.3 Å². The molecule has 114 valence electrons. The quantitative estimate of drug-likeness (QED) is 0.646. The van der Waals surface area contributed by atoms with Gasteiger partial charge in [0.2, 0.25) is 0 Å². The molecule has 4 nitrogen and oxygen atoms in total. The number of amides is 1. The Kier molecular flexibility index (Phi) is 7.49. The first-order valence-corrected chi connectivity index (χ1v) is 7.47. The lowest BCUT2D eigenvalue weighted by Gasteiger charge is -2.26. The zero-order chi connectivity index (χ0) is 15.7. The lowest BCUT2D eigenvalue weighted by Crippen LogP contribution is -2.38. The van der Waals surface area contributed by atoms with Crippen molar-refractivity contribution in [2.45, 2.75) is 46.1 Å². The first-order chi connectivity index (χ1) is 10.1. The summed E-state index contributed by atoms with van der Waals surface area (Å²) in [6.45, 7) is 6.65. The van der Waals surface area contributed by atoms with Crippen LogP contribution in [-0.4, -0.2) is 40.1 Å². The standard InChI is InChI=1S/C17H24N2O2/c1-4-5-6-12-19(14(2)3)17(21)16-15(10-8-13-20)9-7-11-18-16/h7,9,11,14,20H,4-6,12-13H2,1-3H3. The minimum absolute atomic E-state index is 0.0936. The molecule has 0 spiro atoms. The van der Waals surface area contributed by atoms with E-state index < -0.39 is 0 Å². The fourth-order valence-electron chi connectivity index (χ4n) is 2.07. The molecule has 21 heavy (non-hydrogen) atoms. The summed E-state index contributed by atoms with van der Waals surface area (Å²) < 4.78 is 0. The molecule has 1 amide bonds. The van der Waals surface area contributed by atoms with Gasteiger partial charge in [-0.3, -0.25) is 4.79 Å². The fourth-order valence-corrected chi connectivity index (χ4v) is 2.07. The van der Waals surface area contributed by atoms with Gasteiger partial charge in [0.15, 0.2) is 0 Å². The lowest BCUT2D eigenvalue weighted by atomic mass is 10.1. The van der Waals surface area contributed by atoms with Crippen LogP contribution in [0.3, 0.4) is 0 Å². The Morgan fingerprint density at radius 2 is 2.19 bits per heavy atom. The Balaban J connectivity index is 2.98. The highest BCUT2D eigenvalue weighted by Gasteiger charge is 2.21. The maximum Gasteiger partial charge on any atom is 0.273 e. The van der Waals surface area contributed by atoms with Gasteiger partial charge in [0.05, 0.1) is 5.56 Å². The number of carbonyl (C=O) groups is 1. The topological polar surface area (TPSA) is 53.4 Å². The minimum atomic E-state index is -0.229. The van der Waals surface area contributed by atoms with Crippen molar-refractivity contribution in [3.05, 3.63) is 29.6 Å². The number of rotatable bonds is 6. The van der Waals surface area contributed by atoms with Crippen molar-refractivity contribution >= 4 is 5.91 Å². The molecule has 0 bridgehead atoms. The molecule has 0 fully saturated rings. The number of nitrogens with zero attached hydrogens (tertiary/aromatic N) is 2. The minimum Gasteiger partial charge on any atom is -0.384 e. The van der Waals surface area contributed by atoms with Crippen molar-refractivity contribution in [1.82, 2.24) is 9.88 Å². The second-order valence-electron chi connectivity index (χ2n) is 5.16. The summed E-state index contributed by atoms with van der Waals surface area (Å²) >= 11 is 0. The van der Waals surface area contributed by atoms with Gasteiger partial charge in [0.1, 0.15) is 12.3 Å². The van der Waals surface area contributed by atoms with Gasteiger partial charge in [-0.1, -0.05) is 31.6 Å². The van der Waals surface area contributed by atoms with Crippen LogP contribution in [-0.2, 0) is 0 Å². The van der Waals surface area contributed by atoms with E-state index in [0.29, 0.717) is 11.3 Å². The third-order valence-electron chi connectivity index (χ3n) is 3.20. The molecule has 1 aromatic heterocycles. The van der Waals surface area contributed by atoms with Crippen molar-refractivity contribution in [3.8, 4) is 11.8 Å². The number of aromatic nitrogens is 1. The van der Waals surface area contributed by atoms with E-state index >= 15 is 0 Å². The summed E-state index contributed by atoms with van der Waals surface area (Å²) in [4.78, 5) is 18.7. The lowest BCUT2D eigenvalue weighted by molar-refractivity contribution is 0.0696. The highest BCUT2D eigenvalue weighted by atomic mass is 16.2. The van der Waals surface area contributed by atoms with E-state index in [9.17, 15) is 4.79 Å². The number of aliphatic hydroxyl groups is 1. The molecule has 0 aliphatic heterocycles. The molecule has 0 aliphatic rings. The van der Waals surface area contributed by atoms with Gasteiger partial charge in [-0.15, -0.1) is 0 Å². The molecule has 1 N–H and O–H groups in total. The molecule has 0 atom stereocenters. The van der Waals surface area contributed by atoms with Gasteiger partial charge >= 0.3 is 0 Å². The zero-order valence-corrected chi connectivity index (χ0v) is 13.1. The summed E-state index contributed by atoms with van der Waals surface area (Å²) in [5, 5.41) is 8.81. The normalized spacial score (nSPS) is 10.1. The monoisotopic (exact) mass is 288 g/mol. The van der Waals surface area contributed by atoms with Crippen molar-refractivity contribution in [3.63, 3.8) is 0 Å². The highest BCUT2D eigenvalue weighted by molar-refractivity contribution is 5.95. The van der Waals surface area contributed by atoms with Crippen molar-refractivity contribution in [2.75, 3.05) is 13.2 Å². The van der Waals surface area contributed by atoms with E-state index in [-0.39, 0.29) is 18.6 Å². The van der Waals surface area contributed by atoms with E-state index in [4.69, 9.17) is 5.11 Å². The Morgan fingerprint density at radius 3 is 2.81 bits per heavy atom. The van der Waals surface area contributed by atoms with Gasteiger partial charge in [0.25, 0.3) is 5.91 Å². The second-order valence-corrected chi connectivity index (χ2v) is 5.16. The molecule has 1 aromatic rings. The third-order valence-corrected chi connectivity index (χ3v) is 3.20. The van der Waals surface area contributed by atoms with Crippen molar-refractivity contribution < 1.29 is 9.90 Å². The number of pyridine rings is 1. The van der Waals surface area contributed by atoms with Gasteiger partial charge in [-0.25, -0.2) is 4.98 Å². The smallest absolute Gasteiger partial charge is 0.273 e. The number of unbranched alkanes of at least 4 members (excludes halogenated alkanes) is 2. The number of aliphatic hydroxyl groups excluding tert-OH is 1. The highest BCUT2D eigenvalue weighted by Crippen LogP contribution is 2.12. The largest absolute Gasteiger partial charge is 0.384 e. The van der Waals surface area contributed by atoms with Crippen LogP contribution < -0.4 is 0 Å². The van der Waals surface area contributed by atoms with Crippen LogP contribution in [0.2, 0.25) is 0 Å². The Morgan fingerprint density at radius 1 is 1.43 bits per heavy atom. The molecule has 0 aliphatic carbocycles. The molecule has 0 saturated carbocycles. The Bertz CT molecular complexity index is 515. The van der Waals surface area contributed by atoms with Crippen LogP contribution in [0.15, 0.2) is 18.3 Å². The van der Waals surface area contributed by atoms with Gasteiger partial charge < -0.3 is 10.0 Å². The average molecular weight is 288 g/mol. The number of carbonyl (C=O) groups excluding carboxylic acids is 1. The number of hydrogen-bond acceptors (Lipinski definition) is 3. The summed E-state index contributed by atoms with van der Waals surface area (Å²) in [5.41, 5.74) is 0.932. The summed E-state index contributed by atoms with van der Waals surface area (Å²) in [6, 6.07) is 3.62. The molecule has 0 aromatic carbocycles. The first kappa shape index (κ1) is 17.2. The molecular weight excluding hydrogens is 264 g/mol. The summed E-state index contributed by atoms with van der Waals surface area (Å²) in [5.74, 6) is 5.28.